The molecule has 0 aromatic heterocycles. The number of carbonyl (C=O) groups excluding carboxylic acids is 2. The number of amides is 2. The molecule has 1 aliphatic heterocycles. The number of rotatable bonds is 8. The van der Waals surface area contributed by atoms with Gasteiger partial charge in [0.1, 0.15) is 0 Å². The predicted octanol–water partition coefficient (Wildman–Crippen LogP) is 3.03. The summed E-state index contributed by atoms with van der Waals surface area (Å²) in [6.07, 6.45) is 4.38. The van der Waals surface area contributed by atoms with Crippen LogP contribution in [0.25, 0.3) is 0 Å². The molecule has 0 saturated carbocycles. The van der Waals surface area contributed by atoms with Crippen molar-refractivity contribution in [3.8, 4) is 0 Å². The van der Waals surface area contributed by atoms with E-state index in [0.29, 0.717) is 37.2 Å². The molecule has 0 unspecified atom stereocenters. The normalized spacial score (nSPS) is 14.7. The minimum Gasteiger partial charge on any atom is -0.352 e. The summed E-state index contributed by atoms with van der Waals surface area (Å²) < 4.78 is 26.9. The fourth-order valence-corrected chi connectivity index (χ4v) is 4.76. The van der Waals surface area contributed by atoms with Gasteiger partial charge in [0.05, 0.1) is 10.6 Å². The summed E-state index contributed by atoms with van der Waals surface area (Å²) in [4.78, 5) is 26.4. The lowest BCUT2D eigenvalue weighted by Crippen LogP contribution is -2.34. The smallest absolute Gasteiger partial charge is 0.264 e. The topological polar surface area (TPSA) is 86.8 Å². The summed E-state index contributed by atoms with van der Waals surface area (Å²) in [6, 6.07) is 14.7. The van der Waals surface area contributed by atoms with E-state index in [1.165, 1.54) is 35.6 Å². The van der Waals surface area contributed by atoms with Gasteiger partial charge in [-0.3, -0.25) is 13.9 Å². The Morgan fingerprint density at radius 3 is 2.45 bits per heavy atom. The second-order valence-corrected chi connectivity index (χ2v) is 9.60. The number of anilines is 1. The van der Waals surface area contributed by atoms with E-state index in [9.17, 15) is 18.0 Å². The van der Waals surface area contributed by atoms with E-state index >= 15 is 0 Å². The van der Waals surface area contributed by atoms with Crippen LogP contribution >= 0.6 is 0 Å². The highest BCUT2D eigenvalue weighted by molar-refractivity contribution is 7.92. The molecule has 3 rings (SSSR count). The second-order valence-electron chi connectivity index (χ2n) is 7.63. The number of carbonyl (C=O) groups is 2. The SMILES string of the molecule is CN(c1ccccc1)S(=O)(=O)c1ccc(C(=O)NCCCN2CCCCCC2=O)cc1. The molecule has 0 radical (unpaired) electrons. The van der Waals surface area contributed by atoms with E-state index in [2.05, 4.69) is 5.32 Å². The quantitative estimate of drug-likeness (QED) is 0.636. The van der Waals surface area contributed by atoms with Gasteiger partial charge in [-0.15, -0.1) is 0 Å². The number of nitrogens with one attached hydrogen (secondary N) is 1. The number of sulfonamides is 1. The van der Waals surface area contributed by atoms with Crippen molar-refractivity contribution in [2.75, 3.05) is 31.0 Å². The fraction of sp³-hybridized carbons (Fsp3) is 0.391. The maximum atomic E-state index is 12.8. The Kier molecular flexibility index (Phi) is 7.68. The lowest BCUT2D eigenvalue weighted by Gasteiger charge is -2.20. The molecule has 1 aliphatic rings. The minimum absolute atomic E-state index is 0.120. The lowest BCUT2D eigenvalue weighted by atomic mass is 10.2. The molecular formula is C23H29N3O4S. The van der Waals surface area contributed by atoms with Crippen molar-refractivity contribution in [3.05, 3.63) is 60.2 Å². The number of likely N-dealkylation sites (tertiary alicyclic amines) is 1. The Morgan fingerprint density at radius 2 is 1.74 bits per heavy atom. The standard InChI is InChI=1S/C23H29N3O4S/c1-25(20-9-4-2-5-10-20)31(29,30)21-14-12-19(13-15-21)23(28)24-16-8-18-26-17-7-3-6-11-22(26)27/h2,4-5,9-10,12-15H,3,6-8,11,16-18H2,1H3,(H,24,28). The number of nitrogens with zero attached hydrogens (tertiary/aromatic N) is 2. The average Bonchev–Trinajstić information content (AvgIpc) is 3.00. The summed E-state index contributed by atoms with van der Waals surface area (Å²) in [6.45, 7) is 1.89. The fourth-order valence-electron chi connectivity index (χ4n) is 3.56. The van der Waals surface area contributed by atoms with Crippen LogP contribution in [0.15, 0.2) is 59.5 Å². The Morgan fingerprint density at radius 1 is 1.03 bits per heavy atom. The van der Waals surface area contributed by atoms with Crippen molar-refractivity contribution in [1.82, 2.24) is 10.2 Å². The van der Waals surface area contributed by atoms with E-state index in [-0.39, 0.29) is 16.7 Å². The number of hydrogen-bond donors (Lipinski definition) is 1. The van der Waals surface area contributed by atoms with Gasteiger partial charge in [0.25, 0.3) is 15.9 Å². The maximum absolute atomic E-state index is 12.8. The van der Waals surface area contributed by atoms with E-state index in [1.807, 2.05) is 11.0 Å². The monoisotopic (exact) mass is 443 g/mol. The van der Waals surface area contributed by atoms with Crippen molar-refractivity contribution in [1.29, 1.82) is 0 Å². The van der Waals surface area contributed by atoms with Crippen molar-refractivity contribution in [2.24, 2.45) is 0 Å². The molecule has 2 aromatic rings. The van der Waals surface area contributed by atoms with Crippen LogP contribution in [0.1, 0.15) is 42.5 Å². The molecule has 31 heavy (non-hydrogen) atoms. The molecule has 2 aromatic carbocycles. The molecule has 1 N–H and O–H groups in total. The first-order valence-corrected chi connectivity index (χ1v) is 12.0. The molecule has 1 fully saturated rings. The maximum Gasteiger partial charge on any atom is 0.264 e. The summed E-state index contributed by atoms with van der Waals surface area (Å²) in [7, 11) is -2.21. The van der Waals surface area contributed by atoms with Crippen LogP contribution in [0.3, 0.4) is 0 Å². The third kappa shape index (κ3) is 5.85. The summed E-state index contributed by atoms with van der Waals surface area (Å²) in [5.41, 5.74) is 0.958. The van der Waals surface area contributed by atoms with Crippen molar-refractivity contribution in [2.45, 2.75) is 37.0 Å². The van der Waals surface area contributed by atoms with Gasteiger partial charge in [0.2, 0.25) is 5.91 Å². The molecule has 2 amide bonds. The third-order valence-corrected chi connectivity index (χ3v) is 7.26. The number of para-hydroxylation sites is 1. The van der Waals surface area contributed by atoms with Crippen molar-refractivity contribution >= 4 is 27.5 Å². The van der Waals surface area contributed by atoms with E-state index in [4.69, 9.17) is 0 Å². The third-order valence-electron chi connectivity index (χ3n) is 5.46. The molecule has 0 aliphatic carbocycles. The van der Waals surface area contributed by atoms with E-state index < -0.39 is 10.0 Å². The zero-order valence-electron chi connectivity index (χ0n) is 17.8. The van der Waals surface area contributed by atoms with Gasteiger partial charge in [-0.25, -0.2) is 8.42 Å². The highest BCUT2D eigenvalue weighted by atomic mass is 32.2. The second kappa shape index (κ2) is 10.4. The van der Waals surface area contributed by atoms with Gasteiger partial charge in [0.15, 0.2) is 0 Å². The van der Waals surface area contributed by atoms with E-state index in [1.54, 1.807) is 24.3 Å². The first-order chi connectivity index (χ1) is 14.9. The zero-order chi connectivity index (χ0) is 22.3. The van der Waals surface area contributed by atoms with Crippen LogP contribution in [0, 0.1) is 0 Å². The van der Waals surface area contributed by atoms with Crippen LogP contribution in [-0.2, 0) is 14.8 Å². The van der Waals surface area contributed by atoms with Gasteiger partial charge in [-0.2, -0.15) is 0 Å². The molecule has 7 nitrogen and oxygen atoms in total. The predicted molar refractivity (Wildman–Crippen MR) is 120 cm³/mol. The van der Waals surface area contributed by atoms with Gasteiger partial charge < -0.3 is 10.2 Å². The molecular weight excluding hydrogens is 414 g/mol. The lowest BCUT2D eigenvalue weighted by molar-refractivity contribution is -0.130. The van der Waals surface area contributed by atoms with Crippen molar-refractivity contribution < 1.29 is 18.0 Å². The largest absolute Gasteiger partial charge is 0.352 e. The first kappa shape index (κ1) is 22.8. The highest BCUT2D eigenvalue weighted by Crippen LogP contribution is 2.22. The molecule has 1 saturated heterocycles. The highest BCUT2D eigenvalue weighted by Gasteiger charge is 2.21. The Hall–Kier alpha value is -2.87. The van der Waals surface area contributed by atoms with Gasteiger partial charge in [0, 0.05) is 38.7 Å². The molecule has 8 heteroatoms. The number of benzene rings is 2. The van der Waals surface area contributed by atoms with Gasteiger partial charge in [-0.05, 0) is 55.7 Å². The van der Waals surface area contributed by atoms with Gasteiger partial charge >= 0.3 is 0 Å². The van der Waals surface area contributed by atoms with Crippen LogP contribution in [0.5, 0.6) is 0 Å². The summed E-state index contributed by atoms with van der Waals surface area (Å²) >= 11 is 0. The Labute approximate surface area is 184 Å². The van der Waals surface area contributed by atoms with Crippen LogP contribution in [-0.4, -0.2) is 51.8 Å². The number of hydrogen-bond acceptors (Lipinski definition) is 4. The summed E-state index contributed by atoms with van der Waals surface area (Å²) in [5, 5.41) is 2.84. The summed E-state index contributed by atoms with van der Waals surface area (Å²) in [5.74, 6) is -0.0661. The van der Waals surface area contributed by atoms with Gasteiger partial charge in [-0.1, -0.05) is 24.6 Å². The molecule has 0 bridgehead atoms. The van der Waals surface area contributed by atoms with Crippen molar-refractivity contribution in [3.63, 3.8) is 0 Å². The average molecular weight is 444 g/mol. The molecule has 0 spiro atoms. The minimum atomic E-state index is -3.71. The zero-order valence-corrected chi connectivity index (χ0v) is 18.6. The molecule has 0 atom stereocenters. The molecule has 166 valence electrons. The molecule has 1 heterocycles. The van der Waals surface area contributed by atoms with Crippen LogP contribution in [0.2, 0.25) is 0 Å². The van der Waals surface area contributed by atoms with Crippen LogP contribution in [0.4, 0.5) is 5.69 Å². The Balaban J connectivity index is 1.53. The van der Waals surface area contributed by atoms with E-state index in [0.717, 1.165) is 25.8 Å². The Bertz CT molecular complexity index is 991. The van der Waals surface area contributed by atoms with Crippen LogP contribution < -0.4 is 9.62 Å². The first-order valence-electron chi connectivity index (χ1n) is 10.6.